The molecule has 2 aliphatic rings. The van der Waals surface area contributed by atoms with Gasteiger partial charge in [0.15, 0.2) is 6.61 Å². The van der Waals surface area contributed by atoms with E-state index < -0.39 is 5.97 Å². The highest BCUT2D eigenvalue weighted by atomic mass is 16.5. The van der Waals surface area contributed by atoms with E-state index in [0.717, 1.165) is 30.2 Å². The topological polar surface area (TPSA) is 66.8 Å². The summed E-state index contributed by atoms with van der Waals surface area (Å²) in [7, 11) is 1.88. The minimum atomic E-state index is -0.993. The quantitative estimate of drug-likeness (QED) is 0.841. The number of nitrogens with zero attached hydrogens (tertiary/aromatic N) is 1. The number of benzene rings is 1. The van der Waals surface area contributed by atoms with Gasteiger partial charge in [0.05, 0.1) is 0 Å². The average molecular weight is 359 g/mol. The van der Waals surface area contributed by atoms with Crippen LogP contribution in [0.15, 0.2) is 24.3 Å². The van der Waals surface area contributed by atoms with Crippen LogP contribution in [0, 0.1) is 17.8 Å². The molecule has 0 bridgehead atoms. The Balaban J connectivity index is 1.51. The van der Waals surface area contributed by atoms with Crippen molar-refractivity contribution in [2.75, 3.05) is 13.7 Å². The first kappa shape index (κ1) is 18.7. The maximum Gasteiger partial charge on any atom is 0.341 e. The fourth-order valence-electron chi connectivity index (χ4n) is 4.60. The van der Waals surface area contributed by atoms with Crippen molar-refractivity contribution in [1.29, 1.82) is 0 Å². The molecule has 2 fully saturated rings. The summed E-state index contributed by atoms with van der Waals surface area (Å²) in [6.45, 7) is 0.226. The Morgan fingerprint density at radius 1 is 1.08 bits per heavy atom. The molecule has 0 heterocycles. The SMILES string of the molecule is CN(Cc1ccc(OCC(=O)O)cc1)C(=O)C1CCC2CCCCC2C1. The lowest BCUT2D eigenvalue weighted by molar-refractivity contribution is -0.139. The smallest absolute Gasteiger partial charge is 0.341 e. The van der Waals surface area contributed by atoms with Crippen molar-refractivity contribution in [2.45, 2.75) is 51.5 Å². The van der Waals surface area contributed by atoms with E-state index in [0.29, 0.717) is 12.3 Å². The van der Waals surface area contributed by atoms with E-state index in [4.69, 9.17) is 9.84 Å². The Kier molecular flexibility index (Phi) is 6.17. The summed E-state index contributed by atoms with van der Waals surface area (Å²) in [6.07, 6.45) is 8.67. The number of hydrogen-bond donors (Lipinski definition) is 1. The monoisotopic (exact) mass is 359 g/mol. The number of rotatable bonds is 6. The van der Waals surface area contributed by atoms with Crippen LogP contribution in [0.5, 0.6) is 5.75 Å². The molecule has 0 aromatic heterocycles. The number of carbonyl (C=O) groups excluding carboxylic acids is 1. The van der Waals surface area contributed by atoms with Gasteiger partial charge in [0.25, 0.3) is 0 Å². The van der Waals surface area contributed by atoms with Crippen LogP contribution >= 0.6 is 0 Å². The van der Waals surface area contributed by atoms with Crippen LogP contribution in [-0.2, 0) is 16.1 Å². The molecule has 1 amide bonds. The van der Waals surface area contributed by atoms with Crippen molar-refractivity contribution < 1.29 is 19.4 Å². The van der Waals surface area contributed by atoms with Gasteiger partial charge in [0.1, 0.15) is 5.75 Å². The van der Waals surface area contributed by atoms with Crippen LogP contribution < -0.4 is 4.74 Å². The first-order valence-electron chi connectivity index (χ1n) is 9.71. The highest BCUT2D eigenvalue weighted by Crippen LogP contribution is 2.43. The maximum absolute atomic E-state index is 12.9. The number of amides is 1. The average Bonchev–Trinajstić information content (AvgIpc) is 2.66. The largest absolute Gasteiger partial charge is 0.482 e. The van der Waals surface area contributed by atoms with Gasteiger partial charge in [-0.1, -0.05) is 37.8 Å². The van der Waals surface area contributed by atoms with Gasteiger partial charge in [0.2, 0.25) is 5.91 Å². The summed E-state index contributed by atoms with van der Waals surface area (Å²) in [6, 6.07) is 7.28. The van der Waals surface area contributed by atoms with Crippen LogP contribution in [0.25, 0.3) is 0 Å². The van der Waals surface area contributed by atoms with Crippen molar-refractivity contribution in [3.8, 4) is 5.75 Å². The van der Waals surface area contributed by atoms with Gasteiger partial charge < -0.3 is 14.7 Å². The number of ether oxygens (including phenoxy) is 1. The fourth-order valence-corrected chi connectivity index (χ4v) is 4.60. The van der Waals surface area contributed by atoms with Crippen LogP contribution in [0.4, 0.5) is 0 Å². The maximum atomic E-state index is 12.9. The molecule has 1 aromatic carbocycles. The summed E-state index contributed by atoms with van der Waals surface area (Å²) in [5.74, 6) is 1.59. The number of carboxylic acid groups (broad SMARTS) is 1. The van der Waals surface area contributed by atoms with Crippen LogP contribution in [0.3, 0.4) is 0 Å². The normalized spacial score (nSPS) is 25.2. The molecule has 5 nitrogen and oxygen atoms in total. The molecule has 3 unspecified atom stereocenters. The molecule has 3 rings (SSSR count). The predicted octanol–water partition coefficient (Wildman–Crippen LogP) is 3.71. The molecule has 3 atom stereocenters. The Bertz CT molecular complexity index is 627. The third-order valence-electron chi connectivity index (χ3n) is 5.97. The molecule has 2 saturated carbocycles. The van der Waals surface area contributed by atoms with Gasteiger partial charge in [0, 0.05) is 19.5 Å². The highest BCUT2D eigenvalue weighted by molar-refractivity contribution is 5.78. The summed E-state index contributed by atoms with van der Waals surface area (Å²) in [5.41, 5.74) is 1.02. The second-order valence-corrected chi connectivity index (χ2v) is 7.84. The van der Waals surface area contributed by atoms with Crippen molar-refractivity contribution in [1.82, 2.24) is 4.90 Å². The van der Waals surface area contributed by atoms with E-state index in [1.807, 2.05) is 24.1 Å². The number of carbonyl (C=O) groups is 2. The van der Waals surface area contributed by atoms with Crippen molar-refractivity contribution >= 4 is 11.9 Å². The van der Waals surface area contributed by atoms with E-state index in [2.05, 4.69) is 0 Å². The van der Waals surface area contributed by atoms with Gasteiger partial charge in [-0.2, -0.15) is 0 Å². The van der Waals surface area contributed by atoms with E-state index in [1.165, 1.54) is 32.1 Å². The Hall–Kier alpha value is -2.04. The first-order chi connectivity index (χ1) is 12.5. The number of aliphatic carboxylic acids is 1. The second kappa shape index (κ2) is 8.56. The summed E-state index contributed by atoms with van der Waals surface area (Å²) in [5, 5.41) is 8.64. The first-order valence-corrected chi connectivity index (χ1v) is 9.71. The minimum absolute atomic E-state index is 0.178. The van der Waals surface area contributed by atoms with Crippen molar-refractivity contribution in [3.05, 3.63) is 29.8 Å². The second-order valence-electron chi connectivity index (χ2n) is 7.84. The fraction of sp³-hybridized carbons (Fsp3) is 0.619. The third-order valence-corrected chi connectivity index (χ3v) is 5.97. The third kappa shape index (κ3) is 4.77. The zero-order valence-corrected chi connectivity index (χ0v) is 15.5. The summed E-state index contributed by atoms with van der Waals surface area (Å²) in [4.78, 5) is 25.2. The molecular formula is C21H29NO4. The highest BCUT2D eigenvalue weighted by Gasteiger charge is 2.35. The zero-order valence-electron chi connectivity index (χ0n) is 15.5. The van der Waals surface area contributed by atoms with E-state index in [1.54, 1.807) is 12.1 Å². The molecule has 142 valence electrons. The molecule has 1 N–H and O–H groups in total. The van der Waals surface area contributed by atoms with E-state index >= 15 is 0 Å². The lowest BCUT2D eigenvalue weighted by Gasteiger charge is -2.39. The van der Waals surface area contributed by atoms with E-state index in [9.17, 15) is 9.59 Å². The molecule has 0 saturated heterocycles. The van der Waals surface area contributed by atoms with Crippen molar-refractivity contribution in [2.24, 2.45) is 17.8 Å². The summed E-state index contributed by atoms with van der Waals surface area (Å²) < 4.78 is 5.14. The molecule has 2 aliphatic carbocycles. The molecule has 1 aromatic rings. The molecular weight excluding hydrogens is 330 g/mol. The zero-order chi connectivity index (χ0) is 18.5. The number of fused-ring (bicyclic) bond motifs is 1. The lowest BCUT2D eigenvalue weighted by atomic mass is 9.67. The van der Waals surface area contributed by atoms with Gasteiger partial charge in [-0.05, 0) is 48.8 Å². The molecule has 5 heteroatoms. The molecule has 0 spiro atoms. The van der Waals surface area contributed by atoms with Gasteiger partial charge >= 0.3 is 5.97 Å². The van der Waals surface area contributed by atoms with Crippen LogP contribution in [0.1, 0.15) is 50.5 Å². The Labute approximate surface area is 155 Å². The van der Waals surface area contributed by atoms with Gasteiger partial charge in [-0.15, -0.1) is 0 Å². The molecule has 26 heavy (non-hydrogen) atoms. The van der Waals surface area contributed by atoms with E-state index in [-0.39, 0.29) is 18.4 Å². The Morgan fingerprint density at radius 3 is 2.46 bits per heavy atom. The van der Waals surface area contributed by atoms with Crippen molar-refractivity contribution in [3.63, 3.8) is 0 Å². The van der Waals surface area contributed by atoms with Crippen LogP contribution in [-0.4, -0.2) is 35.5 Å². The number of carboxylic acids is 1. The molecule has 0 radical (unpaired) electrons. The molecule has 0 aliphatic heterocycles. The lowest BCUT2D eigenvalue weighted by Crippen LogP contribution is -2.38. The number of hydrogen-bond acceptors (Lipinski definition) is 3. The van der Waals surface area contributed by atoms with Gasteiger partial charge in [-0.25, -0.2) is 4.79 Å². The minimum Gasteiger partial charge on any atom is -0.482 e. The Morgan fingerprint density at radius 2 is 1.77 bits per heavy atom. The van der Waals surface area contributed by atoms with Gasteiger partial charge in [-0.3, -0.25) is 4.79 Å². The predicted molar refractivity (Wildman–Crippen MR) is 98.8 cm³/mol. The summed E-state index contributed by atoms with van der Waals surface area (Å²) >= 11 is 0. The van der Waals surface area contributed by atoms with Crippen LogP contribution in [0.2, 0.25) is 0 Å². The standard InChI is InChI=1S/C21H29NO4/c1-22(13-15-6-10-19(11-7-15)26-14-20(23)24)21(25)18-9-8-16-4-2-3-5-17(16)12-18/h6-7,10-11,16-18H,2-5,8-9,12-14H2,1H3,(H,23,24).